The molecular weight excluding hydrogens is 624 g/mol. The third kappa shape index (κ3) is 8.01. The van der Waals surface area contributed by atoms with Crippen LogP contribution in [0.25, 0.3) is 0 Å². The van der Waals surface area contributed by atoms with Crippen molar-refractivity contribution in [3.8, 4) is 11.5 Å². The Labute approximate surface area is 284 Å². The van der Waals surface area contributed by atoms with Crippen LogP contribution >= 0.6 is 0 Å². The van der Waals surface area contributed by atoms with Crippen molar-refractivity contribution >= 4 is 0 Å². The molecule has 0 aliphatic carbocycles. The van der Waals surface area contributed by atoms with Crippen molar-refractivity contribution in [1.82, 2.24) is 9.55 Å². The van der Waals surface area contributed by atoms with E-state index in [1.54, 1.807) is 14.2 Å². The van der Waals surface area contributed by atoms with E-state index in [-0.39, 0.29) is 6.61 Å². The van der Waals surface area contributed by atoms with Crippen LogP contribution in [0.2, 0.25) is 0 Å². The van der Waals surface area contributed by atoms with Gasteiger partial charge in [-0.1, -0.05) is 72.8 Å². The number of hydrogen-bond donors (Lipinski definition) is 2. The fraction of sp³-hybridized carbons (Fsp3) is 0.282. The Morgan fingerprint density at radius 1 is 0.714 bits per heavy atom. The summed E-state index contributed by atoms with van der Waals surface area (Å²) in [6, 6.07) is 33.9. The molecule has 0 bridgehead atoms. The van der Waals surface area contributed by atoms with Crippen molar-refractivity contribution in [2.75, 3.05) is 27.9 Å². The minimum atomic E-state index is -1.09. The van der Waals surface area contributed by atoms with E-state index < -0.39 is 41.9 Å². The Kier molecular flexibility index (Phi) is 10.7. The van der Waals surface area contributed by atoms with Gasteiger partial charge in [0.1, 0.15) is 35.9 Å². The van der Waals surface area contributed by atoms with Gasteiger partial charge in [0.2, 0.25) is 0 Å². The van der Waals surface area contributed by atoms with Crippen LogP contribution in [0, 0.1) is 0 Å². The summed E-state index contributed by atoms with van der Waals surface area (Å²) >= 11 is 0. The molecule has 4 atom stereocenters. The third-order valence-electron chi connectivity index (χ3n) is 8.84. The molecular formula is C39H40N2O8. The van der Waals surface area contributed by atoms with Crippen LogP contribution in [-0.2, 0) is 27.1 Å². The number of nitrogens with one attached hydrogen (secondary N) is 1. The summed E-state index contributed by atoms with van der Waals surface area (Å²) in [6.45, 7) is 0.0154. The minimum Gasteiger partial charge on any atom is -0.497 e. The maximum Gasteiger partial charge on any atom is 0.330 e. The van der Waals surface area contributed by atoms with Crippen molar-refractivity contribution in [2.45, 2.75) is 43.5 Å². The highest BCUT2D eigenvalue weighted by Crippen LogP contribution is 2.33. The number of methoxy groups -OCH3 is 3. The highest BCUT2D eigenvalue weighted by molar-refractivity contribution is 5.38. The minimum absolute atomic E-state index is 0.0154. The van der Waals surface area contributed by atoms with Crippen LogP contribution < -0.4 is 20.7 Å². The molecule has 6 rings (SSSR count). The van der Waals surface area contributed by atoms with Gasteiger partial charge in [-0.2, -0.15) is 0 Å². The van der Waals surface area contributed by atoms with Crippen molar-refractivity contribution in [1.29, 1.82) is 0 Å². The summed E-state index contributed by atoms with van der Waals surface area (Å²) in [7, 11) is 4.75. The fourth-order valence-corrected chi connectivity index (χ4v) is 6.12. The van der Waals surface area contributed by atoms with Crippen molar-refractivity contribution in [3.05, 3.63) is 164 Å². The Hall–Kier alpha value is -5.00. The molecule has 2 unspecified atom stereocenters. The summed E-state index contributed by atoms with van der Waals surface area (Å²) in [4.78, 5) is 26.4. The first-order valence-electron chi connectivity index (χ1n) is 16.1. The maximum atomic E-state index is 12.5. The van der Waals surface area contributed by atoms with Crippen LogP contribution in [0.5, 0.6) is 11.5 Å². The van der Waals surface area contributed by atoms with Gasteiger partial charge in [0.05, 0.1) is 20.8 Å². The molecule has 5 aromatic rings. The maximum absolute atomic E-state index is 12.5. The van der Waals surface area contributed by atoms with Crippen LogP contribution in [0.15, 0.2) is 119 Å². The Bertz CT molecular complexity index is 1830. The number of aliphatic hydroxyl groups is 1. The second kappa shape index (κ2) is 15.5. The molecule has 10 heteroatoms. The quantitative estimate of drug-likeness (QED) is 0.184. The monoisotopic (exact) mass is 664 g/mol. The number of hydrogen-bond acceptors (Lipinski definition) is 8. The largest absolute Gasteiger partial charge is 0.497 e. The lowest BCUT2D eigenvalue weighted by atomic mass is 9.96. The Morgan fingerprint density at radius 2 is 1.18 bits per heavy atom. The average molecular weight is 665 g/mol. The lowest BCUT2D eigenvalue weighted by Crippen LogP contribution is -2.38. The number of aromatic amines is 1. The SMILES string of the molecule is COc1ccc(Cc2ccc(C(OC[C@@H]3O[C@H](n4ccc(=O)[nH]c4=O)C(OC)C3O)c3ccc(Cc4ccc(OC)cc4)cc3)cc2)cc1. The van der Waals surface area contributed by atoms with Crippen molar-refractivity contribution < 1.29 is 28.8 Å². The van der Waals surface area contributed by atoms with E-state index in [1.165, 1.54) is 35.1 Å². The molecule has 4 aromatic carbocycles. The fourth-order valence-electron chi connectivity index (χ4n) is 6.12. The lowest BCUT2D eigenvalue weighted by molar-refractivity contribution is -0.0803. The van der Waals surface area contributed by atoms with Gasteiger partial charge < -0.3 is 28.8 Å². The van der Waals surface area contributed by atoms with Gasteiger partial charge in [0.15, 0.2) is 6.23 Å². The van der Waals surface area contributed by atoms with Gasteiger partial charge in [0, 0.05) is 19.4 Å². The molecule has 49 heavy (non-hydrogen) atoms. The predicted molar refractivity (Wildman–Crippen MR) is 184 cm³/mol. The average Bonchev–Trinajstić information content (AvgIpc) is 3.44. The molecule has 0 radical (unpaired) electrons. The van der Waals surface area contributed by atoms with Gasteiger partial charge in [0.25, 0.3) is 5.56 Å². The van der Waals surface area contributed by atoms with E-state index in [0.717, 1.165) is 46.6 Å². The lowest BCUT2D eigenvalue weighted by Gasteiger charge is -2.23. The summed E-state index contributed by atoms with van der Waals surface area (Å²) < 4.78 is 30.0. The molecule has 1 aromatic heterocycles. The highest BCUT2D eigenvalue weighted by Gasteiger charge is 2.45. The molecule has 0 amide bonds. The van der Waals surface area contributed by atoms with E-state index in [2.05, 4.69) is 77.8 Å². The van der Waals surface area contributed by atoms with Crippen LogP contribution in [0.1, 0.15) is 45.7 Å². The number of nitrogens with zero attached hydrogens (tertiary/aromatic N) is 1. The number of ether oxygens (including phenoxy) is 5. The van der Waals surface area contributed by atoms with Crippen LogP contribution in [-0.4, -0.2) is 60.9 Å². The van der Waals surface area contributed by atoms with Gasteiger partial charge in [-0.05, 0) is 70.5 Å². The molecule has 2 heterocycles. The molecule has 1 saturated heterocycles. The molecule has 254 valence electrons. The smallest absolute Gasteiger partial charge is 0.330 e. The van der Waals surface area contributed by atoms with E-state index in [9.17, 15) is 14.7 Å². The van der Waals surface area contributed by atoms with Crippen LogP contribution in [0.3, 0.4) is 0 Å². The first kappa shape index (κ1) is 33.9. The zero-order valence-corrected chi connectivity index (χ0v) is 27.7. The number of rotatable bonds is 13. The predicted octanol–water partition coefficient (Wildman–Crippen LogP) is 4.81. The van der Waals surface area contributed by atoms with Crippen molar-refractivity contribution in [2.24, 2.45) is 0 Å². The number of benzene rings is 4. The number of H-pyrrole nitrogens is 1. The number of aromatic nitrogens is 2. The van der Waals surface area contributed by atoms with E-state index in [1.807, 2.05) is 24.3 Å². The molecule has 0 saturated carbocycles. The zero-order valence-electron chi connectivity index (χ0n) is 27.7. The second-order valence-corrected chi connectivity index (χ2v) is 12.0. The van der Waals surface area contributed by atoms with Gasteiger partial charge in [-0.3, -0.25) is 14.3 Å². The molecule has 1 fully saturated rings. The highest BCUT2D eigenvalue weighted by atomic mass is 16.6. The van der Waals surface area contributed by atoms with Crippen LogP contribution in [0.4, 0.5) is 0 Å². The first-order valence-corrected chi connectivity index (χ1v) is 16.1. The Balaban J connectivity index is 1.22. The molecule has 1 aliphatic heterocycles. The summed E-state index contributed by atoms with van der Waals surface area (Å²) in [5.41, 5.74) is 5.33. The first-order chi connectivity index (χ1) is 23.8. The molecule has 1 aliphatic rings. The number of aliphatic hydroxyl groups excluding tert-OH is 1. The zero-order chi connectivity index (χ0) is 34.3. The second-order valence-electron chi connectivity index (χ2n) is 12.0. The van der Waals surface area contributed by atoms with Gasteiger partial charge in [-0.25, -0.2) is 4.79 Å². The Morgan fingerprint density at radius 3 is 1.61 bits per heavy atom. The standard InChI is InChI=1S/C39H40N2O8/c1-45-31-16-8-27(9-17-31)22-25-4-12-29(13-5-25)36(30-14-6-26(7-15-30)23-28-10-18-32(46-2)19-11-28)48-24-33-35(43)37(47-3)38(49-33)41-21-20-34(42)40-39(41)44/h4-21,33,35-38,43H,22-24H2,1-3H3,(H,40,42,44)/t33-,35?,37?,38-/m0/s1. The van der Waals surface area contributed by atoms with Crippen molar-refractivity contribution in [3.63, 3.8) is 0 Å². The van der Waals surface area contributed by atoms with Gasteiger partial charge >= 0.3 is 5.69 Å². The molecule has 2 N–H and O–H groups in total. The topological polar surface area (TPSA) is 121 Å². The summed E-state index contributed by atoms with van der Waals surface area (Å²) in [5.74, 6) is 1.64. The van der Waals surface area contributed by atoms with Gasteiger partial charge in [-0.15, -0.1) is 0 Å². The third-order valence-corrected chi connectivity index (χ3v) is 8.84. The molecule has 10 nitrogen and oxygen atoms in total. The summed E-state index contributed by atoms with van der Waals surface area (Å²) in [5, 5.41) is 11.2. The van der Waals surface area contributed by atoms with E-state index in [4.69, 9.17) is 23.7 Å². The van der Waals surface area contributed by atoms with E-state index >= 15 is 0 Å². The normalized spacial score (nSPS) is 18.9. The molecule has 0 spiro atoms. The van der Waals surface area contributed by atoms with E-state index in [0.29, 0.717) is 0 Å². The summed E-state index contributed by atoms with van der Waals surface area (Å²) in [6.07, 6.45) is -1.32.